The first-order chi connectivity index (χ1) is 8.79. The van der Waals surface area contributed by atoms with Gasteiger partial charge in [0.05, 0.1) is 17.7 Å². The van der Waals surface area contributed by atoms with Gasteiger partial charge in [-0.1, -0.05) is 6.92 Å². The molecule has 0 radical (unpaired) electrons. The summed E-state index contributed by atoms with van der Waals surface area (Å²) in [5.41, 5.74) is 0.0159. The molecule has 0 saturated carbocycles. The summed E-state index contributed by atoms with van der Waals surface area (Å²) in [7, 11) is 0. The summed E-state index contributed by atoms with van der Waals surface area (Å²) in [5.74, 6) is -1.68. The van der Waals surface area contributed by atoms with Gasteiger partial charge in [0.25, 0.3) is 0 Å². The average Bonchev–Trinajstić information content (AvgIpc) is 2.70. The van der Waals surface area contributed by atoms with Crippen LogP contribution in [0.4, 0.5) is 13.2 Å². The van der Waals surface area contributed by atoms with Gasteiger partial charge in [-0.15, -0.1) is 0 Å². The highest BCUT2D eigenvalue weighted by Gasteiger charge is 2.31. The van der Waals surface area contributed by atoms with Crippen LogP contribution >= 0.6 is 0 Å². The standard InChI is InChI=1S/C13H11F3O3/c1-7(12(17)18)4-8-6-19-11-3-2-9(5-10(8)11)13(14,15)16/h2-3,5-7H,4H2,1H3,(H,17,18). The van der Waals surface area contributed by atoms with Gasteiger partial charge in [0, 0.05) is 5.39 Å². The lowest BCUT2D eigenvalue weighted by atomic mass is 10.00. The Morgan fingerprint density at radius 1 is 1.42 bits per heavy atom. The van der Waals surface area contributed by atoms with Gasteiger partial charge in [-0.3, -0.25) is 4.79 Å². The first-order valence-corrected chi connectivity index (χ1v) is 5.59. The van der Waals surface area contributed by atoms with Gasteiger partial charge in [-0.25, -0.2) is 0 Å². The van der Waals surface area contributed by atoms with Crippen LogP contribution in [0.5, 0.6) is 0 Å². The number of alkyl halides is 3. The van der Waals surface area contributed by atoms with Gasteiger partial charge < -0.3 is 9.52 Å². The number of aliphatic carboxylic acids is 1. The topological polar surface area (TPSA) is 50.4 Å². The first kappa shape index (κ1) is 13.5. The van der Waals surface area contributed by atoms with E-state index in [0.717, 1.165) is 12.1 Å². The molecular formula is C13H11F3O3. The maximum atomic E-state index is 12.6. The molecule has 0 saturated heterocycles. The van der Waals surface area contributed by atoms with Crippen LogP contribution in [0.3, 0.4) is 0 Å². The second-order valence-electron chi connectivity index (χ2n) is 4.41. The number of fused-ring (bicyclic) bond motifs is 1. The van der Waals surface area contributed by atoms with Crippen LogP contribution in [-0.4, -0.2) is 11.1 Å². The van der Waals surface area contributed by atoms with Gasteiger partial charge in [0.2, 0.25) is 0 Å². The molecule has 2 aromatic rings. The van der Waals surface area contributed by atoms with Crippen molar-refractivity contribution < 1.29 is 27.5 Å². The van der Waals surface area contributed by atoms with Crippen molar-refractivity contribution >= 4 is 16.9 Å². The third-order valence-electron chi connectivity index (χ3n) is 2.93. The molecule has 1 atom stereocenters. The van der Waals surface area contributed by atoms with Gasteiger partial charge >= 0.3 is 12.1 Å². The number of halogens is 3. The summed E-state index contributed by atoms with van der Waals surface area (Å²) in [6.07, 6.45) is -2.99. The van der Waals surface area contributed by atoms with Crippen LogP contribution in [0.2, 0.25) is 0 Å². The minimum absolute atomic E-state index is 0.129. The first-order valence-electron chi connectivity index (χ1n) is 5.59. The second-order valence-corrected chi connectivity index (χ2v) is 4.41. The number of carbonyl (C=O) groups is 1. The van der Waals surface area contributed by atoms with Crippen LogP contribution in [0, 0.1) is 5.92 Å². The van der Waals surface area contributed by atoms with E-state index in [9.17, 15) is 18.0 Å². The van der Waals surface area contributed by atoms with Crippen molar-refractivity contribution in [2.45, 2.75) is 19.5 Å². The van der Waals surface area contributed by atoms with Crippen LogP contribution in [0.1, 0.15) is 18.1 Å². The SMILES string of the molecule is CC(Cc1coc2ccc(C(F)(F)F)cc12)C(=O)O. The largest absolute Gasteiger partial charge is 0.481 e. The van der Waals surface area contributed by atoms with Crippen LogP contribution in [0.15, 0.2) is 28.9 Å². The quantitative estimate of drug-likeness (QED) is 0.926. The number of benzene rings is 1. The molecule has 0 bridgehead atoms. The maximum absolute atomic E-state index is 12.6. The lowest BCUT2D eigenvalue weighted by molar-refractivity contribution is -0.141. The Hall–Kier alpha value is -1.98. The van der Waals surface area contributed by atoms with Crippen molar-refractivity contribution in [3.63, 3.8) is 0 Å². The maximum Gasteiger partial charge on any atom is 0.416 e. The molecule has 2 rings (SSSR count). The van der Waals surface area contributed by atoms with Crippen molar-refractivity contribution in [3.8, 4) is 0 Å². The second kappa shape index (κ2) is 4.60. The van der Waals surface area contributed by atoms with E-state index >= 15 is 0 Å². The van der Waals surface area contributed by atoms with E-state index in [1.54, 1.807) is 0 Å². The normalized spacial score (nSPS) is 13.7. The molecule has 0 aliphatic carbocycles. The fraction of sp³-hybridized carbons (Fsp3) is 0.308. The lowest BCUT2D eigenvalue weighted by Crippen LogP contribution is -2.12. The molecule has 102 valence electrons. The van der Waals surface area contributed by atoms with Crippen molar-refractivity contribution in [2.75, 3.05) is 0 Å². The van der Waals surface area contributed by atoms with E-state index in [4.69, 9.17) is 9.52 Å². The number of hydrogen-bond acceptors (Lipinski definition) is 2. The number of furan rings is 1. The summed E-state index contributed by atoms with van der Waals surface area (Å²) < 4.78 is 43.0. The van der Waals surface area contributed by atoms with Crippen LogP contribution in [-0.2, 0) is 17.4 Å². The van der Waals surface area contributed by atoms with E-state index < -0.39 is 23.6 Å². The molecule has 1 aromatic carbocycles. The Kier molecular flexibility index (Phi) is 3.26. The van der Waals surface area contributed by atoms with Crippen molar-refractivity contribution in [3.05, 3.63) is 35.6 Å². The molecule has 3 nitrogen and oxygen atoms in total. The molecule has 19 heavy (non-hydrogen) atoms. The summed E-state index contributed by atoms with van der Waals surface area (Å²) in [5, 5.41) is 9.13. The summed E-state index contributed by atoms with van der Waals surface area (Å²) in [6.45, 7) is 1.49. The Balaban J connectivity index is 2.43. The molecule has 0 fully saturated rings. The molecular weight excluding hydrogens is 261 g/mol. The number of carboxylic acid groups (broad SMARTS) is 1. The molecule has 1 N–H and O–H groups in total. The predicted molar refractivity (Wildman–Crippen MR) is 61.7 cm³/mol. The predicted octanol–water partition coefficient (Wildman–Crippen LogP) is 3.71. The van der Waals surface area contributed by atoms with E-state index in [1.165, 1.54) is 19.3 Å². The van der Waals surface area contributed by atoms with Gasteiger partial charge in [-0.2, -0.15) is 13.2 Å². The highest BCUT2D eigenvalue weighted by atomic mass is 19.4. The zero-order valence-corrected chi connectivity index (χ0v) is 9.99. The highest BCUT2D eigenvalue weighted by Crippen LogP contribution is 2.33. The minimum Gasteiger partial charge on any atom is -0.481 e. The van der Waals surface area contributed by atoms with E-state index in [-0.39, 0.29) is 6.42 Å². The van der Waals surface area contributed by atoms with Crippen LogP contribution < -0.4 is 0 Å². The Labute approximate surface area is 106 Å². The molecule has 1 unspecified atom stereocenters. The zero-order chi connectivity index (χ0) is 14.2. The number of carboxylic acids is 1. The third kappa shape index (κ3) is 2.72. The lowest BCUT2D eigenvalue weighted by Gasteiger charge is -2.07. The van der Waals surface area contributed by atoms with Crippen molar-refractivity contribution in [1.82, 2.24) is 0 Å². The molecule has 1 aromatic heterocycles. The van der Waals surface area contributed by atoms with E-state index in [0.29, 0.717) is 16.5 Å². The number of rotatable bonds is 3. The van der Waals surface area contributed by atoms with Crippen molar-refractivity contribution in [1.29, 1.82) is 0 Å². The van der Waals surface area contributed by atoms with Crippen molar-refractivity contribution in [2.24, 2.45) is 5.92 Å². The Morgan fingerprint density at radius 2 is 2.11 bits per heavy atom. The summed E-state index contributed by atoms with van der Waals surface area (Å²) in [6, 6.07) is 3.17. The average molecular weight is 272 g/mol. The van der Waals surface area contributed by atoms with E-state index in [2.05, 4.69) is 0 Å². The minimum atomic E-state index is -4.43. The molecule has 0 aliphatic heterocycles. The highest BCUT2D eigenvalue weighted by molar-refractivity contribution is 5.82. The smallest absolute Gasteiger partial charge is 0.416 e. The zero-order valence-electron chi connectivity index (χ0n) is 9.99. The Morgan fingerprint density at radius 3 is 2.68 bits per heavy atom. The fourth-order valence-corrected chi connectivity index (χ4v) is 1.83. The summed E-state index contributed by atoms with van der Waals surface area (Å²) >= 11 is 0. The van der Waals surface area contributed by atoms with Gasteiger partial charge in [0.15, 0.2) is 0 Å². The Bertz CT molecular complexity index is 613. The fourth-order valence-electron chi connectivity index (χ4n) is 1.83. The van der Waals surface area contributed by atoms with E-state index in [1.807, 2.05) is 0 Å². The molecule has 0 spiro atoms. The van der Waals surface area contributed by atoms with Crippen LogP contribution in [0.25, 0.3) is 11.0 Å². The molecule has 0 aliphatic rings. The summed E-state index contributed by atoms with van der Waals surface area (Å²) in [4.78, 5) is 10.8. The van der Waals surface area contributed by atoms with Gasteiger partial charge in [0.1, 0.15) is 5.58 Å². The molecule has 0 amide bonds. The number of hydrogen-bond donors (Lipinski definition) is 1. The monoisotopic (exact) mass is 272 g/mol. The molecule has 1 heterocycles. The third-order valence-corrected chi connectivity index (χ3v) is 2.93. The molecule has 6 heteroatoms. The van der Waals surface area contributed by atoms with Gasteiger partial charge in [-0.05, 0) is 30.2 Å².